The van der Waals surface area contributed by atoms with Crippen LogP contribution in [0, 0.1) is 18.3 Å². The Morgan fingerprint density at radius 1 is 1.52 bits per heavy atom. The van der Waals surface area contributed by atoms with Gasteiger partial charge in [0.05, 0.1) is 13.7 Å². The van der Waals surface area contributed by atoms with Crippen LogP contribution in [0.25, 0.3) is 11.7 Å². The normalized spacial score (nSPS) is 11.2. The third-order valence-electron chi connectivity index (χ3n) is 2.93. The number of nitriles is 1. The standard InChI is InChI=1S/C15H15N3O3/c1-4-21-15(19)11(9-16)8-12-14(20-3)17-13-7-5-6-10(2)18(12)13/h5-8H,4H2,1-3H3. The average molecular weight is 285 g/mol. The van der Waals surface area contributed by atoms with Crippen LogP contribution in [0.3, 0.4) is 0 Å². The van der Waals surface area contributed by atoms with Gasteiger partial charge in [-0.05, 0) is 32.1 Å². The maximum Gasteiger partial charge on any atom is 0.348 e. The van der Waals surface area contributed by atoms with E-state index in [2.05, 4.69) is 4.98 Å². The molecular weight excluding hydrogens is 270 g/mol. The summed E-state index contributed by atoms with van der Waals surface area (Å²) in [4.78, 5) is 16.1. The summed E-state index contributed by atoms with van der Waals surface area (Å²) in [5, 5.41) is 9.14. The number of carbonyl (C=O) groups excluding carboxylic acids is 1. The lowest BCUT2D eigenvalue weighted by Gasteiger charge is -2.04. The average Bonchev–Trinajstić information content (AvgIpc) is 2.83. The van der Waals surface area contributed by atoms with Gasteiger partial charge >= 0.3 is 5.97 Å². The van der Waals surface area contributed by atoms with Gasteiger partial charge in [0.1, 0.15) is 23.0 Å². The molecular formula is C15H15N3O3. The molecule has 0 aliphatic carbocycles. The van der Waals surface area contributed by atoms with Gasteiger partial charge in [-0.2, -0.15) is 10.2 Å². The van der Waals surface area contributed by atoms with E-state index in [0.717, 1.165) is 5.69 Å². The highest BCUT2D eigenvalue weighted by Gasteiger charge is 2.16. The molecule has 0 bridgehead atoms. The molecule has 0 radical (unpaired) electrons. The number of rotatable bonds is 4. The van der Waals surface area contributed by atoms with E-state index in [1.807, 2.05) is 35.6 Å². The molecule has 0 spiro atoms. The van der Waals surface area contributed by atoms with E-state index in [9.17, 15) is 4.79 Å². The number of aromatic nitrogens is 2. The second kappa shape index (κ2) is 6.09. The van der Waals surface area contributed by atoms with Crippen molar-refractivity contribution in [1.82, 2.24) is 9.38 Å². The first-order chi connectivity index (χ1) is 10.1. The molecule has 0 unspecified atom stereocenters. The molecule has 0 aliphatic heterocycles. The Balaban J connectivity index is 2.65. The summed E-state index contributed by atoms with van der Waals surface area (Å²) in [6.07, 6.45) is 1.43. The summed E-state index contributed by atoms with van der Waals surface area (Å²) in [6.45, 7) is 3.80. The van der Waals surface area contributed by atoms with E-state index >= 15 is 0 Å². The van der Waals surface area contributed by atoms with Crippen molar-refractivity contribution in [2.45, 2.75) is 13.8 Å². The number of ether oxygens (including phenoxy) is 2. The monoisotopic (exact) mass is 285 g/mol. The number of aryl methyl sites for hydroxylation is 1. The second-order valence-electron chi connectivity index (χ2n) is 4.26. The van der Waals surface area contributed by atoms with Crippen LogP contribution >= 0.6 is 0 Å². The van der Waals surface area contributed by atoms with E-state index in [4.69, 9.17) is 14.7 Å². The molecule has 6 nitrogen and oxygen atoms in total. The van der Waals surface area contributed by atoms with Gasteiger partial charge in [0.15, 0.2) is 0 Å². The van der Waals surface area contributed by atoms with Crippen molar-refractivity contribution in [1.29, 1.82) is 5.26 Å². The minimum Gasteiger partial charge on any atom is -0.479 e. The van der Waals surface area contributed by atoms with Crippen molar-refractivity contribution in [2.75, 3.05) is 13.7 Å². The molecule has 21 heavy (non-hydrogen) atoms. The number of fused-ring (bicyclic) bond motifs is 1. The first-order valence-electron chi connectivity index (χ1n) is 6.43. The summed E-state index contributed by atoms with van der Waals surface area (Å²) in [5.74, 6) is -0.313. The van der Waals surface area contributed by atoms with Crippen LogP contribution < -0.4 is 4.74 Å². The van der Waals surface area contributed by atoms with Gasteiger partial charge in [0, 0.05) is 5.69 Å². The van der Waals surface area contributed by atoms with Crippen LogP contribution in [0.15, 0.2) is 23.8 Å². The Hall–Kier alpha value is -2.81. The van der Waals surface area contributed by atoms with Gasteiger partial charge in [0.25, 0.3) is 0 Å². The first-order valence-corrected chi connectivity index (χ1v) is 6.43. The number of esters is 1. The SMILES string of the molecule is CCOC(=O)C(C#N)=Cc1c(OC)nc2cccc(C)n12. The van der Waals surface area contributed by atoms with Crippen LogP contribution in [0.2, 0.25) is 0 Å². The fraction of sp³-hybridized carbons (Fsp3) is 0.267. The third kappa shape index (κ3) is 2.72. The van der Waals surface area contributed by atoms with Crippen molar-refractivity contribution in [3.63, 3.8) is 0 Å². The molecule has 0 atom stereocenters. The van der Waals surface area contributed by atoms with Crippen LogP contribution in [-0.2, 0) is 9.53 Å². The van der Waals surface area contributed by atoms with Crippen molar-refractivity contribution in [3.8, 4) is 11.9 Å². The van der Waals surface area contributed by atoms with Gasteiger partial charge in [-0.15, -0.1) is 0 Å². The lowest BCUT2D eigenvalue weighted by Crippen LogP contribution is -2.06. The molecule has 2 rings (SSSR count). The molecule has 0 fully saturated rings. The van der Waals surface area contributed by atoms with Gasteiger partial charge in [-0.3, -0.25) is 4.40 Å². The van der Waals surface area contributed by atoms with E-state index in [-0.39, 0.29) is 12.2 Å². The molecule has 2 aromatic rings. The lowest BCUT2D eigenvalue weighted by molar-refractivity contribution is -0.137. The number of methoxy groups -OCH3 is 1. The molecule has 2 heterocycles. The zero-order valence-corrected chi connectivity index (χ0v) is 12.1. The number of imidazole rings is 1. The first kappa shape index (κ1) is 14.6. The summed E-state index contributed by atoms with van der Waals surface area (Å²) in [5.41, 5.74) is 2.03. The van der Waals surface area contributed by atoms with E-state index in [0.29, 0.717) is 17.2 Å². The molecule has 0 N–H and O–H groups in total. The Morgan fingerprint density at radius 2 is 2.29 bits per heavy atom. The van der Waals surface area contributed by atoms with E-state index in [1.54, 1.807) is 6.92 Å². The van der Waals surface area contributed by atoms with Crippen molar-refractivity contribution >= 4 is 17.7 Å². The number of hydrogen-bond acceptors (Lipinski definition) is 5. The topological polar surface area (TPSA) is 76.6 Å². The fourth-order valence-corrected chi connectivity index (χ4v) is 2.02. The number of nitrogens with zero attached hydrogens (tertiary/aromatic N) is 3. The minimum absolute atomic E-state index is 0.0970. The molecule has 0 saturated carbocycles. The van der Waals surface area contributed by atoms with E-state index in [1.165, 1.54) is 13.2 Å². The van der Waals surface area contributed by atoms with Gasteiger partial charge < -0.3 is 9.47 Å². The van der Waals surface area contributed by atoms with Crippen LogP contribution in [0.5, 0.6) is 5.88 Å². The Kier molecular flexibility index (Phi) is 4.24. The predicted molar refractivity (Wildman–Crippen MR) is 76.7 cm³/mol. The minimum atomic E-state index is -0.661. The number of pyridine rings is 1. The highest BCUT2D eigenvalue weighted by atomic mass is 16.5. The quantitative estimate of drug-likeness (QED) is 0.488. The maximum atomic E-state index is 11.7. The summed E-state index contributed by atoms with van der Waals surface area (Å²) in [6, 6.07) is 7.45. The highest BCUT2D eigenvalue weighted by molar-refractivity contribution is 5.98. The molecule has 2 aromatic heterocycles. The molecule has 0 aromatic carbocycles. The van der Waals surface area contributed by atoms with E-state index < -0.39 is 5.97 Å². The molecule has 108 valence electrons. The maximum absolute atomic E-state index is 11.7. The van der Waals surface area contributed by atoms with Crippen LogP contribution in [0.4, 0.5) is 0 Å². The Labute approximate surface area is 122 Å². The molecule has 6 heteroatoms. The number of carbonyl (C=O) groups is 1. The molecule has 0 saturated heterocycles. The third-order valence-corrected chi connectivity index (χ3v) is 2.93. The largest absolute Gasteiger partial charge is 0.479 e. The van der Waals surface area contributed by atoms with Gasteiger partial charge in [-0.25, -0.2) is 4.79 Å². The summed E-state index contributed by atoms with van der Waals surface area (Å²) in [7, 11) is 1.49. The predicted octanol–water partition coefficient (Wildman–Crippen LogP) is 2.12. The lowest BCUT2D eigenvalue weighted by atomic mass is 10.2. The zero-order valence-electron chi connectivity index (χ0n) is 12.1. The zero-order chi connectivity index (χ0) is 15.4. The summed E-state index contributed by atoms with van der Waals surface area (Å²) >= 11 is 0. The summed E-state index contributed by atoms with van der Waals surface area (Å²) < 4.78 is 11.9. The molecule has 0 aliphatic rings. The second-order valence-corrected chi connectivity index (χ2v) is 4.26. The smallest absolute Gasteiger partial charge is 0.348 e. The van der Waals surface area contributed by atoms with Gasteiger partial charge in [-0.1, -0.05) is 6.07 Å². The van der Waals surface area contributed by atoms with Crippen LogP contribution in [0.1, 0.15) is 18.3 Å². The van der Waals surface area contributed by atoms with Crippen molar-refractivity contribution < 1.29 is 14.3 Å². The fourth-order valence-electron chi connectivity index (χ4n) is 2.02. The Morgan fingerprint density at radius 3 is 2.90 bits per heavy atom. The number of hydrogen-bond donors (Lipinski definition) is 0. The Bertz CT molecular complexity index is 753. The van der Waals surface area contributed by atoms with Crippen molar-refractivity contribution in [2.24, 2.45) is 0 Å². The molecule has 0 amide bonds. The van der Waals surface area contributed by atoms with Gasteiger partial charge in [0.2, 0.25) is 5.88 Å². The van der Waals surface area contributed by atoms with Crippen molar-refractivity contribution in [3.05, 3.63) is 35.2 Å². The van der Waals surface area contributed by atoms with Crippen LogP contribution in [-0.4, -0.2) is 29.1 Å². The highest BCUT2D eigenvalue weighted by Crippen LogP contribution is 2.24.